The van der Waals surface area contributed by atoms with Gasteiger partial charge in [0.1, 0.15) is 5.75 Å². The molecule has 1 aliphatic rings. The molecule has 1 aliphatic heterocycles. The molecular weight excluding hydrogens is 310 g/mol. The van der Waals surface area contributed by atoms with Crippen LogP contribution in [0.4, 0.5) is 0 Å². The highest BCUT2D eigenvalue weighted by atomic mass is 16.5. The quantitative estimate of drug-likeness (QED) is 0.775. The standard InChI is InChI=1S/C18H23NO5/c1-18(17(22)23)10-11-19(12-18)16(21)5-3-4-15(20)13-6-8-14(24-2)9-7-13/h6-9H,3-5,10-12H2,1-2H3,(H,22,23). The number of hydrogen-bond acceptors (Lipinski definition) is 4. The number of aliphatic carboxylic acids is 1. The molecule has 0 aliphatic carbocycles. The Balaban J connectivity index is 1.78. The molecule has 1 N–H and O–H groups in total. The van der Waals surface area contributed by atoms with Crippen LogP contribution in [0.1, 0.15) is 43.0 Å². The van der Waals surface area contributed by atoms with Gasteiger partial charge in [-0.1, -0.05) is 0 Å². The minimum atomic E-state index is -0.868. The summed E-state index contributed by atoms with van der Waals surface area (Å²) in [5.41, 5.74) is -0.253. The van der Waals surface area contributed by atoms with Crippen LogP contribution in [0.5, 0.6) is 5.75 Å². The second-order valence-electron chi connectivity index (χ2n) is 6.44. The number of carboxylic acids is 1. The number of likely N-dealkylation sites (tertiary alicyclic amines) is 1. The fourth-order valence-electron chi connectivity index (χ4n) is 2.83. The van der Waals surface area contributed by atoms with Gasteiger partial charge in [0.25, 0.3) is 0 Å². The summed E-state index contributed by atoms with van der Waals surface area (Å²) in [5.74, 6) is -0.269. The average Bonchev–Trinajstić information content (AvgIpc) is 2.98. The predicted octanol–water partition coefficient (Wildman–Crippen LogP) is 2.37. The van der Waals surface area contributed by atoms with E-state index in [2.05, 4.69) is 0 Å². The van der Waals surface area contributed by atoms with E-state index in [1.165, 1.54) is 0 Å². The van der Waals surface area contributed by atoms with Gasteiger partial charge in [-0.25, -0.2) is 0 Å². The highest BCUT2D eigenvalue weighted by Gasteiger charge is 2.41. The van der Waals surface area contributed by atoms with E-state index in [9.17, 15) is 19.5 Å². The molecule has 130 valence electrons. The van der Waals surface area contributed by atoms with Gasteiger partial charge in [0.2, 0.25) is 5.91 Å². The lowest BCUT2D eigenvalue weighted by atomic mass is 9.90. The molecule has 2 rings (SSSR count). The van der Waals surface area contributed by atoms with Crippen LogP contribution < -0.4 is 4.74 Å². The van der Waals surface area contributed by atoms with Crippen molar-refractivity contribution in [2.75, 3.05) is 20.2 Å². The molecule has 6 nitrogen and oxygen atoms in total. The minimum absolute atomic E-state index is 0.0118. The topological polar surface area (TPSA) is 83.9 Å². The number of ether oxygens (including phenoxy) is 1. The van der Waals surface area contributed by atoms with Crippen molar-refractivity contribution in [1.29, 1.82) is 0 Å². The van der Waals surface area contributed by atoms with Gasteiger partial charge >= 0.3 is 5.97 Å². The van der Waals surface area contributed by atoms with Gasteiger partial charge in [-0.2, -0.15) is 0 Å². The normalized spacial score (nSPS) is 20.0. The van der Waals surface area contributed by atoms with Gasteiger partial charge in [-0.3, -0.25) is 14.4 Å². The van der Waals surface area contributed by atoms with E-state index >= 15 is 0 Å². The summed E-state index contributed by atoms with van der Waals surface area (Å²) in [6, 6.07) is 6.88. The van der Waals surface area contributed by atoms with Gasteiger partial charge in [0.05, 0.1) is 12.5 Å². The number of amides is 1. The first-order valence-corrected chi connectivity index (χ1v) is 8.04. The molecule has 0 aromatic heterocycles. The number of methoxy groups -OCH3 is 1. The zero-order valence-corrected chi connectivity index (χ0v) is 14.1. The van der Waals surface area contributed by atoms with Crippen LogP contribution in [-0.2, 0) is 9.59 Å². The lowest BCUT2D eigenvalue weighted by Gasteiger charge is -2.20. The van der Waals surface area contributed by atoms with Crippen LogP contribution in [0.3, 0.4) is 0 Å². The first-order chi connectivity index (χ1) is 11.4. The summed E-state index contributed by atoms with van der Waals surface area (Å²) in [7, 11) is 1.57. The largest absolute Gasteiger partial charge is 0.497 e. The Morgan fingerprint density at radius 1 is 1.21 bits per heavy atom. The summed E-state index contributed by atoms with van der Waals surface area (Å²) in [4.78, 5) is 37.1. The van der Waals surface area contributed by atoms with Crippen molar-refractivity contribution < 1.29 is 24.2 Å². The van der Waals surface area contributed by atoms with Crippen LogP contribution in [0, 0.1) is 5.41 Å². The molecule has 1 unspecified atom stereocenters. The Morgan fingerprint density at radius 3 is 2.42 bits per heavy atom. The fourth-order valence-corrected chi connectivity index (χ4v) is 2.83. The molecule has 0 bridgehead atoms. The summed E-state index contributed by atoms with van der Waals surface area (Å²) in [6.45, 7) is 2.37. The highest BCUT2D eigenvalue weighted by molar-refractivity contribution is 5.96. The number of Topliss-reactive ketones (excluding diaryl/α,β-unsaturated/α-hetero) is 1. The maximum atomic E-state index is 12.2. The Hall–Kier alpha value is -2.37. The van der Waals surface area contributed by atoms with E-state index in [4.69, 9.17) is 4.74 Å². The molecule has 24 heavy (non-hydrogen) atoms. The van der Waals surface area contributed by atoms with Gasteiger partial charge in [-0.15, -0.1) is 0 Å². The van der Waals surface area contributed by atoms with Gasteiger partial charge in [-0.05, 0) is 44.0 Å². The summed E-state index contributed by atoms with van der Waals surface area (Å²) < 4.78 is 5.05. The monoisotopic (exact) mass is 333 g/mol. The third-order valence-corrected chi connectivity index (χ3v) is 4.55. The molecule has 1 atom stereocenters. The maximum absolute atomic E-state index is 12.2. The van der Waals surface area contributed by atoms with Crippen LogP contribution in [-0.4, -0.2) is 47.9 Å². The predicted molar refractivity (Wildman–Crippen MR) is 88.1 cm³/mol. The van der Waals surface area contributed by atoms with Crippen LogP contribution in [0.25, 0.3) is 0 Å². The lowest BCUT2D eigenvalue weighted by Crippen LogP contribution is -2.34. The number of carbonyl (C=O) groups is 3. The highest BCUT2D eigenvalue weighted by Crippen LogP contribution is 2.30. The maximum Gasteiger partial charge on any atom is 0.311 e. The first kappa shape index (κ1) is 18.0. The second-order valence-corrected chi connectivity index (χ2v) is 6.44. The fraction of sp³-hybridized carbons (Fsp3) is 0.500. The molecular formula is C18H23NO5. The molecule has 0 spiro atoms. The van der Waals surface area contributed by atoms with E-state index in [1.807, 2.05) is 0 Å². The van der Waals surface area contributed by atoms with Crippen LogP contribution in [0.15, 0.2) is 24.3 Å². The third kappa shape index (κ3) is 4.13. The molecule has 1 aromatic carbocycles. The molecule has 1 amide bonds. The average molecular weight is 333 g/mol. The minimum Gasteiger partial charge on any atom is -0.497 e. The number of rotatable bonds is 7. The number of nitrogens with zero attached hydrogens (tertiary/aromatic N) is 1. The molecule has 0 radical (unpaired) electrons. The van der Waals surface area contributed by atoms with Crippen molar-refractivity contribution in [3.8, 4) is 5.75 Å². The van der Waals surface area contributed by atoms with Crippen molar-refractivity contribution in [1.82, 2.24) is 4.90 Å². The number of carbonyl (C=O) groups excluding carboxylic acids is 2. The molecule has 1 fully saturated rings. The number of carboxylic acid groups (broad SMARTS) is 1. The Bertz CT molecular complexity index is 625. The Morgan fingerprint density at radius 2 is 1.88 bits per heavy atom. The first-order valence-electron chi connectivity index (χ1n) is 8.04. The van der Waals surface area contributed by atoms with Gasteiger partial charge in [0, 0.05) is 31.5 Å². The Labute approximate surface area is 141 Å². The third-order valence-electron chi connectivity index (χ3n) is 4.55. The summed E-state index contributed by atoms with van der Waals surface area (Å²) >= 11 is 0. The Kier molecular flexibility index (Phi) is 5.59. The van der Waals surface area contributed by atoms with E-state index in [-0.39, 0.29) is 24.7 Å². The molecule has 0 saturated carbocycles. The molecule has 1 heterocycles. The van der Waals surface area contributed by atoms with Crippen LogP contribution >= 0.6 is 0 Å². The molecule has 1 aromatic rings. The zero-order valence-electron chi connectivity index (χ0n) is 14.1. The number of ketones is 1. The van der Waals surface area contributed by atoms with E-state index in [0.29, 0.717) is 37.1 Å². The number of benzene rings is 1. The van der Waals surface area contributed by atoms with Gasteiger partial charge in [0.15, 0.2) is 5.78 Å². The summed E-state index contributed by atoms with van der Waals surface area (Å²) in [5, 5.41) is 9.19. The van der Waals surface area contributed by atoms with Gasteiger partial charge < -0.3 is 14.7 Å². The van der Waals surface area contributed by atoms with E-state index in [0.717, 1.165) is 0 Å². The zero-order chi connectivity index (χ0) is 17.7. The van der Waals surface area contributed by atoms with Crippen LogP contribution in [0.2, 0.25) is 0 Å². The SMILES string of the molecule is COc1ccc(C(=O)CCCC(=O)N2CCC(C)(C(=O)O)C2)cc1. The van der Waals surface area contributed by atoms with Crippen molar-refractivity contribution >= 4 is 17.7 Å². The number of hydrogen-bond donors (Lipinski definition) is 1. The lowest BCUT2D eigenvalue weighted by molar-refractivity contribution is -0.147. The van der Waals surface area contributed by atoms with Crippen molar-refractivity contribution in [3.63, 3.8) is 0 Å². The van der Waals surface area contributed by atoms with Crippen molar-refractivity contribution in [2.45, 2.75) is 32.6 Å². The molecule has 6 heteroatoms. The summed E-state index contributed by atoms with van der Waals surface area (Å²) in [6.07, 6.45) is 1.49. The smallest absolute Gasteiger partial charge is 0.311 e. The second kappa shape index (κ2) is 7.47. The van der Waals surface area contributed by atoms with E-state index in [1.54, 1.807) is 43.2 Å². The van der Waals surface area contributed by atoms with E-state index < -0.39 is 11.4 Å². The molecule has 1 saturated heterocycles. The van der Waals surface area contributed by atoms with Crippen molar-refractivity contribution in [3.05, 3.63) is 29.8 Å². The van der Waals surface area contributed by atoms with Crippen molar-refractivity contribution in [2.24, 2.45) is 5.41 Å².